The van der Waals surface area contributed by atoms with Crippen LogP contribution in [0.2, 0.25) is 0 Å². The van der Waals surface area contributed by atoms with E-state index in [4.69, 9.17) is 0 Å². The second-order valence-corrected chi connectivity index (χ2v) is 7.49. The van der Waals surface area contributed by atoms with Crippen molar-refractivity contribution >= 4 is 27.6 Å². The zero-order chi connectivity index (χ0) is 19.2. The number of hydrogen-bond acceptors (Lipinski definition) is 6. The third kappa shape index (κ3) is 5.64. The van der Waals surface area contributed by atoms with Crippen LogP contribution in [0.4, 0.5) is 5.69 Å². The first-order chi connectivity index (χ1) is 12.3. The third-order valence-electron chi connectivity index (χ3n) is 3.49. The van der Waals surface area contributed by atoms with E-state index in [-0.39, 0.29) is 13.1 Å². The van der Waals surface area contributed by atoms with Crippen LogP contribution in [0.5, 0.6) is 0 Å². The van der Waals surface area contributed by atoms with Crippen molar-refractivity contribution in [3.8, 4) is 0 Å². The van der Waals surface area contributed by atoms with E-state index in [0.717, 1.165) is 16.1 Å². The number of methoxy groups -OCH3 is 1. The lowest BCUT2D eigenvalue weighted by Crippen LogP contribution is -2.36. The number of hydrogen-bond donors (Lipinski definition) is 1. The Bertz CT molecular complexity index is 867. The Hall–Kier alpha value is -2.78. The fourth-order valence-electron chi connectivity index (χ4n) is 2.15. The monoisotopic (exact) mass is 377 g/mol. The first kappa shape index (κ1) is 19.5. The van der Waals surface area contributed by atoms with Crippen LogP contribution >= 0.6 is 0 Å². The molecule has 1 aromatic carbocycles. The lowest BCUT2D eigenvalue weighted by atomic mass is 10.2. The Morgan fingerprint density at radius 1 is 1.12 bits per heavy atom. The van der Waals surface area contributed by atoms with E-state index in [0.29, 0.717) is 11.3 Å². The molecule has 0 saturated carbocycles. The lowest BCUT2D eigenvalue weighted by Gasteiger charge is -2.19. The van der Waals surface area contributed by atoms with Gasteiger partial charge in [0.25, 0.3) is 0 Å². The van der Waals surface area contributed by atoms with Gasteiger partial charge in [0.2, 0.25) is 15.9 Å². The number of ether oxygens (including phenoxy) is 1. The van der Waals surface area contributed by atoms with E-state index in [1.165, 1.54) is 31.4 Å². The molecule has 0 bridgehead atoms. The number of amides is 1. The molecule has 8 nitrogen and oxygen atoms in total. The number of esters is 1. The number of carbonyl (C=O) groups excluding carboxylic acids is 2. The Kier molecular flexibility index (Phi) is 6.42. The van der Waals surface area contributed by atoms with Crippen LogP contribution in [0.3, 0.4) is 0 Å². The summed E-state index contributed by atoms with van der Waals surface area (Å²) >= 11 is 0. The van der Waals surface area contributed by atoms with Crippen molar-refractivity contribution in [1.82, 2.24) is 9.29 Å². The van der Waals surface area contributed by atoms with Crippen LogP contribution in [-0.4, -0.2) is 49.5 Å². The molecule has 0 atom stereocenters. The van der Waals surface area contributed by atoms with Crippen LogP contribution in [0.25, 0.3) is 0 Å². The number of nitrogens with zero attached hydrogens (tertiary/aromatic N) is 2. The molecular weight excluding hydrogens is 358 g/mol. The average Bonchev–Trinajstić information content (AvgIpc) is 2.61. The molecule has 0 aliphatic carbocycles. The highest BCUT2D eigenvalue weighted by molar-refractivity contribution is 7.88. The summed E-state index contributed by atoms with van der Waals surface area (Å²) in [5.41, 5.74) is 1.52. The van der Waals surface area contributed by atoms with Crippen molar-refractivity contribution in [2.24, 2.45) is 0 Å². The smallest absolute Gasteiger partial charge is 0.337 e. The number of carbonyl (C=O) groups is 2. The van der Waals surface area contributed by atoms with Crippen molar-refractivity contribution in [3.05, 3.63) is 59.9 Å². The molecule has 2 rings (SSSR count). The molecule has 0 aliphatic rings. The fourth-order valence-corrected chi connectivity index (χ4v) is 2.89. The summed E-state index contributed by atoms with van der Waals surface area (Å²) in [7, 11) is -2.30. The predicted octanol–water partition coefficient (Wildman–Crippen LogP) is 1.27. The van der Waals surface area contributed by atoms with Gasteiger partial charge in [0.15, 0.2) is 0 Å². The summed E-state index contributed by atoms with van der Waals surface area (Å²) in [4.78, 5) is 27.5. The molecule has 2 aromatic rings. The van der Waals surface area contributed by atoms with E-state index in [1.54, 1.807) is 24.5 Å². The zero-order valence-corrected chi connectivity index (χ0v) is 15.2. The summed E-state index contributed by atoms with van der Waals surface area (Å²) < 4.78 is 29.6. The molecule has 0 unspecified atom stereocenters. The Morgan fingerprint density at radius 2 is 1.73 bits per heavy atom. The summed E-state index contributed by atoms with van der Waals surface area (Å²) in [6, 6.07) is 9.46. The van der Waals surface area contributed by atoms with Gasteiger partial charge in [0.1, 0.15) is 0 Å². The average molecular weight is 377 g/mol. The fraction of sp³-hybridized carbons (Fsp3) is 0.235. The van der Waals surface area contributed by atoms with Gasteiger partial charge in [-0.05, 0) is 42.0 Å². The van der Waals surface area contributed by atoms with Crippen molar-refractivity contribution in [1.29, 1.82) is 0 Å². The standard InChI is InChI=1S/C17H19N3O5S/c1-25-17(22)14-3-5-15(6-4-14)19-16(21)12-20(26(2,23)24)11-13-7-9-18-10-8-13/h3-10H,11-12H2,1-2H3,(H,19,21). The molecule has 1 N–H and O–H groups in total. The lowest BCUT2D eigenvalue weighted by molar-refractivity contribution is -0.116. The number of benzene rings is 1. The number of aromatic nitrogens is 1. The van der Waals surface area contributed by atoms with Crippen molar-refractivity contribution in [2.45, 2.75) is 6.54 Å². The van der Waals surface area contributed by atoms with E-state index < -0.39 is 21.9 Å². The van der Waals surface area contributed by atoms with Gasteiger partial charge in [-0.1, -0.05) is 0 Å². The van der Waals surface area contributed by atoms with Gasteiger partial charge in [0, 0.05) is 24.6 Å². The Balaban J connectivity index is 2.04. The van der Waals surface area contributed by atoms with Gasteiger partial charge >= 0.3 is 5.97 Å². The second kappa shape index (κ2) is 8.54. The summed E-state index contributed by atoms with van der Waals surface area (Å²) in [5, 5.41) is 2.60. The van der Waals surface area contributed by atoms with Crippen LogP contribution in [0.1, 0.15) is 15.9 Å². The van der Waals surface area contributed by atoms with E-state index >= 15 is 0 Å². The van der Waals surface area contributed by atoms with Crippen molar-refractivity contribution in [3.63, 3.8) is 0 Å². The topological polar surface area (TPSA) is 106 Å². The van der Waals surface area contributed by atoms with Gasteiger partial charge < -0.3 is 10.1 Å². The quantitative estimate of drug-likeness (QED) is 0.729. The number of rotatable bonds is 7. The van der Waals surface area contributed by atoms with Crippen molar-refractivity contribution in [2.75, 3.05) is 25.2 Å². The molecule has 1 amide bonds. The minimum Gasteiger partial charge on any atom is -0.465 e. The largest absolute Gasteiger partial charge is 0.465 e. The first-order valence-electron chi connectivity index (χ1n) is 7.62. The number of nitrogens with one attached hydrogen (secondary N) is 1. The van der Waals surface area contributed by atoms with Crippen LogP contribution in [0.15, 0.2) is 48.8 Å². The van der Waals surface area contributed by atoms with Crippen LogP contribution < -0.4 is 5.32 Å². The molecule has 0 aliphatic heterocycles. The molecule has 0 radical (unpaired) electrons. The number of sulfonamides is 1. The minimum absolute atomic E-state index is 0.0655. The van der Waals surface area contributed by atoms with Crippen molar-refractivity contribution < 1.29 is 22.7 Å². The molecule has 9 heteroatoms. The van der Waals surface area contributed by atoms with E-state index in [2.05, 4.69) is 15.0 Å². The summed E-state index contributed by atoms with van der Waals surface area (Å²) in [6.45, 7) is -0.268. The summed E-state index contributed by atoms with van der Waals surface area (Å²) in [6.07, 6.45) is 4.16. The highest BCUT2D eigenvalue weighted by atomic mass is 32.2. The van der Waals surface area contributed by atoms with E-state index in [9.17, 15) is 18.0 Å². The minimum atomic E-state index is -3.58. The molecule has 1 heterocycles. The van der Waals surface area contributed by atoms with Crippen LogP contribution in [0, 0.1) is 0 Å². The second-order valence-electron chi connectivity index (χ2n) is 5.50. The molecule has 0 saturated heterocycles. The third-order valence-corrected chi connectivity index (χ3v) is 4.68. The predicted molar refractivity (Wildman–Crippen MR) is 95.9 cm³/mol. The zero-order valence-electron chi connectivity index (χ0n) is 14.4. The normalized spacial score (nSPS) is 11.2. The van der Waals surface area contributed by atoms with Gasteiger partial charge in [-0.2, -0.15) is 4.31 Å². The van der Waals surface area contributed by atoms with Gasteiger partial charge in [-0.15, -0.1) is 0 Å². The molecule has 0 spiro atoms. The van der Waals surface area contributed by atoms with Gasteiger partial charge in [0.05, 0.1) is 25.5 Å². The number of pyridine rings is 1. The molecule has 0 fully saturated rings. The first-order valence-corrected chi connectivity index (χ1v) is 9.46. The van der Waals surface area contributed by atoms with Gasteiger partial charge in [-0.3, -0.25) is 9.78 Å². The Morgan fingerprint density at radius 3 is 2.27 bits per heavy atom. The number of anilines is 1. The van der Waals surface area contributed by atoms with Crippen LogP contribution in [-0.2, 0) is 26.1 Å². The highest BCUT2D eigenvalue weighted by Gasteiger charge is 2.20. The maximum absolute atomic E-state index is 12.2. The maximum Gasteiger partial charge on any atom is 0.337 e. The summed E-state index contributed by atoms with van der Waals surface area (Å²) in [5.74, 6) is -0.973. The molecular formula is C17H19N3O5S. The maximum atomic E-state index is 12.2. The van der Waals surface area contributed by atoms with E-state index in [1.807, 2.05) is 0 Å². The molecule has 1 aromatic heterocycles. The SMILES string of the molecule is COC(=O)c1ccc(NC(=O)CN(Cc2ccncc2)S(C)(=O)=O)cc1. The molecule has 26 heavy (non-hydrogen) atoms. The van der Waals surface area contributed by atoms with Gasteiger partial charge in [-0.25, -0.2) is 13.2 Å². The Labute approximate surface area is 151 Å². The highest BCUT2D eigenvalue weighted by Crippen LogP contribution is 2.12. The molecule has 138 valence electrons.